The van der Waals surface area contributed by atoms with Gasteiger partial charge in [-0.2, -0.15) is 0 Å². The van der Waals surface area contributed by atoms with Crippen molar-refractivity contribution in [2.45, 2.75) is 32.2 Å². The van der Waals surface area contributed by atoms with Gasteiger partial charge < -0.3 is 5.32 Å². The predicted octanol–water partition coefficient (Wildman–Crippen LogP) is 3.72. The van der Waals surface area contributed by atoms with Crippen LogP contribution in [0.3, 0.4) is 0 Å². The van der Waals surface area contributed by atoms with Gasteiger partial charge in [-0.1, -0.05) is 29.8 Å². The molecule has 0 radical (unpaired) electrons. The zero-order valence-electron chi connectivity index (χ0n) is 12.0. The van der Waals surface area contributed by atoms with Crippen molar-refractivity contribution in [3.8, 4) is 0 Å². The molecule has 2 rings (SSSR count). The molecular weight excluding hydrogens is 256 g/mol. The van der Waals surface area contributed by atoms with E-state index in [0.717, 1.165) is 17.5 Å². The topological polar surface area (TPSA) is 15.3 Å². The molecule has 1 aliphatic heterocycles. The van der Waals surface area contributed by atoms with Crippen LogP contribution >= 0.6 is 11.6 Å². The number of rotatable bonds is 5. The van der Waals surface area contributed by atoms with Crippen LogP contribution in [0.15, 0.2) is 24.3 Å². The van der Waals surface area contributed by atoms with Gasteiger partial charge in [0.25, 0.3) is 0 Å². The normalized spacial score (nSPS) is 21.6. The number of nitrogens with one attached hydrogen (secondary N) is 1. The molecule has 0 amide bonds. The minimum atomic E-state index is 0.380. The molecule has 1 aliphatic rings. The largest absolute Gasteiger partial charge is 0.316 e. The van der Waals surface area contributed by atoms with E-state index in [4.69, 9.17) is 11.6 Å². The summed E-state index contributed by atoms with van der Waals surface area (Å²) in [6, 6.07) is 8.55. The zero-order chi connectivity index (χ0) is 13.7. The summed E-state index contributed by atoms with van der Waals surface area (Å²) < 4.78 is 0. The van der Waals surface area contributed by atoms with Crippen molar-refractivity contribution in [2.75, 3.05) is 26.7 Å². The Kier molecular flexibility index (Phi) is 5.68. The summed E-state index contributed by atoms with van der Waals surface area (Å²) in [7, 11) is 2.20. The Bertz CT molecular complexity index is 388. The number of hydrogen-bond acceptors (Lipinski definition) is 2. The van der Waals surface area contributed by atoms with Crippen molar-refractivity contribution in [3.05, 3.63) is 34.9 Å². The second-order valence-corrected chi connectivity index (χ2v) is 6.09. The lowest BCUT2D eigenvalue weighted by Gasteiger charge is -2.29. The molecule has 2 nitrogen and oxygen atoms in total. The Labute approximate surface area is 122 Å². The summed E-state index contributed by atoms with van der Waals surface area (Å²) in [5.41, 5.74) is 1.23. The molecule has 1 fully saturated rings. The van der Waals surface area contributed by atoms with Crippen LogP contribution in [0, 0.1) is 5.92 Å². The van der Waals surface area contributed by atoms with Gasteiger partial charge in [0.05, 0.1) is 0 Å². The van der Waals surface area contributed by atoms with Gasteiger partial charge in [-0.3, -0.25) is 4.90 Å². The zero-order valence-corrected chi connectivity index (χ0v) is 12.8. The summed E-state index contributed by atoms with van der Waals surface area (Å²) in [4.78, 5) is 2.41. The third-order valence-corrected chi connectivity index (χ3v) is 4.65. The fourth-order valence-electron chi connectivity index (χ4n) is 2.80. The minimum absolute atomic E-state index is 0.380. The minimum Gasteiger partial charge on any atom is -0.316 e. The SMILES string of the molecule is CC(c1ccccc1Cl)N(C)CCC1CCCNC1. The fourth-order valence-corrected chi connectivity index (χ4v) is 3.10. The maximum absolute atomic E-state index is 6.28. The molecule has 3 heteroatoms. The van der Waals surface area contributed by atoms with E-state index in [0.29, 0.717) is 6.04 Å². The Morgan fingerprint density at radius 2 is 2.21 bits per heavy atom. The molecule has 106 valence electrons. The number of nitrogens with zero attached hydrogens (tertiary/aromatic N) is 1. The van der Waals surface area contributed by atoms with Gasteiger partial charge in [0.2, 0.25) is 0 Å². The molecule has 1 N–H and O–H groups in total. The van der Waals surface area contributed by atoms with E-state index in [9.17, 15) is 0 Å². The van der Waals surface area contributed by atoms with Gasteiger partial charge in [0.15, 0.2) is 0 Å². The van der Waals surface area contributed by atoms with E-state index in [2.05, 4.69) is 36.3 Å². The Hall–Kier alpha value is -0.570. The van der Waals surface area contributed by atoms with Crippen LogP contribution < -0.4 is 5.32 Å². The van der Waals surface area contributed by atoms with Gasteiger partial charge >= 0.3 is 0 Å². The molecule has 1 heterocycles. The molecular formula is C16H25ClN2. The smallest absolute Gasteiger partial charge is 0.0453 e. The van der Waals surface area contributed by atoms with Crippen LogP contribution in [-0.4, -0.2) is 31.6 Å². The second kappa shape index (κ2) is 7.28. The van der Waals surface area contributed by atoms with Crippen molar-refractivity contribution in [2.24, 2.45) is 5.92 Å². The molecule has 1 saturated heterocycles. The highest BCUT2D eigenvalue weighted by molar-refractivity contribution is 6.31. The first kappa shape index (κ1) is 14.8. The molecule has 0 aliphatic carbocycles. The monoisotopic (exact) mass is 280 g/mol. The van der Waals surface area contributed by atoms with Crippen LogP contribution in [0.4, 0.5) is 0 Å². The van der Waals surface area contributed by atoms with E-state index in [1.54, 1.807) is 0 Å². The Morgan fingerprint density at radius 1 is 1.42 bits per heavy atom. The summed E-state index contributed by atoms with van der Waals surface area (Å²) in [6.07, 6.45) is 3.98. The quantitative estimate of drug-likeness (QED) is 0.884. The molecule has 1 aromatic carbocycles. The van der Waals surface area contributed by atoms with Crippen molar-refractivity contribution in [3.63, 3.8) is 0 Å². The lowest BCUT2D eigenvalue weighted by Crippen LogP contribution is -2.33. The van der Waals surface area contributed by atoms with Gasteiger partial charge in [0, 0.05) is 11.1 Å². The lowest BCUT2D eigenvalue weighted by molar-refractivity contribution is 0.227. The highest BCUT2D eigenvalue weighted by Crippen LogP contribution is 2.26. The summed E-state index contributed by atoms with van der Waals surface area (Å²) in [5, 5.41) is 4.37. The first-order valence-corrected chi connectivity index (χ1v) is 7.71. The van der Waals surface area contributed by atoms with E-state index in [1.165, 1.54) is 37.9 Å². The molecule has 0 aromatic heterocycles. The predicted molar refractivity (Wildman–Crippen MR) is 82.7 cm³/mol. The summed E-state index contributed by atoms with van der Waals surface area (Å²) >= 11 is 6.28. The van der Waals surface area contributed by atoms with Crippen molar-refractivity contribution in [1.82, 2.24) is 10.2 Å². The maximum Gasteiger partial charge on any atom is 0.0453 e. The molecule has 0 spiro atoms. The molecule has 2 atom stereocenters. The van der Waals surface area contributed by atoms with Gasteiger partial charge in [-0.15, -0.1) is 0 Å². The maximum atomic E-state index is 6.28. The van der Waals surface area contributed by atoms with Crippen LogP contribution in [0.25, 0.3) is 0 Å². The highest BCUT2D eigenvalue weighted by Gasteiger charge is 2.17. The molecule has 2 unspecified atom stereocenters. The Morgan fingerprint density at radius 3 is 2.89 bits per heavy atom. The van der Waals surface area contributed by atoms with Crippen LogP contribution in [-0.2, 0) is 0 Å². The average molecular weight is 281 g/mol. The molecule has 0 saturated carbocycles. The van der Waals surface area contributed by atoms with Gasteiger partial charge in [-0.25, -0.2) is 0 Å². The third-order valence-electron chi connectivity index (χ3n) is 4.31. The third kappa shape index (κ3) is 4.20. The van der Waals surface area contributed by atoms with Crippen LogP contribution in [0.5, 0.6) is 0 Å². The summed E-state index contributed by atoms with van der Waals surface area (Å²) in [6.45, 7) is 5.76. The van der Waals surface area contributed by atoms with Gasteiger partial charge in [-0.05, 0) is 70.4 Å². The van der Waals surface area contributed by atoms with Crippen LogP contribution in [0.2, 0.25) is 5.02 Å². The summed E-state index contributed by atoms with van der Waals surface area (Å²) in [5.74, 6) is 0.842. The number of piperidine rings is 1. The van der Waals surface area contributed by atoms with E-state index < -0.39 is 0 Å². The number of hydrogen-bond donors (Lipinski definition) is 1. The van der Waals surface area contributed by atoms with Crippen molar-refractivity contribution in [1.29, 1.82) is 0 Å². The lowest BCUT2D eigenvalue weighted by atomic mass is 9.95. The van der Waals surface area contributed by atoms with E-state index >= 15 is 0 Å². The molecule has 1 aromatic rings. The highest BCUT2D eigenvalue weighted by atomic mass is 35.5. The Balaban J connectivity index is 1.85. The average Bonchev–Trinajstić information content (AvgIpc) is 2.45. The second-order valence-electron chi connectivity index (χ2n) is 5.68. The molecule has 0 bridgehead atoms. The number of halogens is 1. The first-order valence-electron chi connectivity index (χ1n) is 7.34. The van der Waals surface area contributed by atoms with Gasteiger partial charge in [0.1, 0.15) is 0 Å². The molecule has 19 heavy (non-hydrogen) atoms. The first-order chi connectivity index (χ1) is 9.18. The fraction of sp³-hybridized carbons (Fsp3) is 0.625. The van der Waals surface area contributed by atoms with Crippen LogP contribution in [0.1, 0.15) is 37.8 Å². The van der Waals surface area contributed by atoms with Crippen molar-refractivity contribution >= 4 is 11.6 Å². The number of benzene rings is 1. The standard InChI is InChI=1S/C16H25ClN2/c1-13(15-7-3-4-8-16(15)17)19(2)11-9-14-6-5-10-18-12-14/h3-4,7-8,13-14,18H,5-6,9-12H2,1-2H3. The van der Waals surface area contributed by atoms with E-state index in [-0.39, 0.29) is 0 Å². The van der Waals surface area contributed by atoms with E-state index in [1.807, 2.05) is 12.1 Å². The van der Waals surface area contributed by atoms with Crippen molar-refractivity contribution < 1.29 is 0 Å².